The first-order valence-electron chi connectivity index (χ1n) is 13.4. The first kappa shape index (κ1) is 32.0. The average Bonchev–Trinajstić information content (AvgIpc) is 3.34. The van der Waals surface area contributed by atoms with Gasteiger partial charge in [0.15, 0.2) is 6.10 Å². The molecule has 12 heteroatoms. The number of fused-ring (bicyclic) bond motifs is 1. The number of rotatable bonds is 9. The maximum Gasteiger partial charge on any atom is 0.417 e. The Morgan fingerprint density at radius 3 is 2.10 bits per heavy atom. The molecule has 1 N–H and O–H groups in total. The fourth-order valence-electron chi connectivity index (χ4n) is 4.62. The molecule has 0 aromatic heterocycles. The van der Waals surface area contributed by atoms with Crippen LogP contribution in [0.1, 0.15) is 31.9 Å². The summed E-state index contributed by atoms with van der Waals surface area (Å²) in [7, 11) is 0. The number of aliphatic hydroxyl groups excluding tert-OH is 1. The van der Waals surface area contributed by atoms with Gasteiger partial charge in [-0.15, -0.1) is 6.58 Å². The smallest absolute Gasteiger partial charge is 0.385 e. The van der Waals surface area contributed by atoms with Crippen molar-refractivity contribution in [3.8, 4) is 0 Å². The van der Waals surface area contributed by atoms with Crippen LogP contribution < -0.4 is 0 Å². The SMILES string of the molecule is C=CCN(C(=O)OC1=N[C@@H]2[C@@H](OCc3ccccc3)[C@H](OCc3ccccc3)[C@@H](C(O)C(F)(F)F)O[C@@H]2S1)C(C)(C)C. The zero-order chi connectivity index (χ0) is 30.5. The molecule has 1 fully saturated rings. The monoisotopic (exact) mass is 608 g/mol. The van der Waals surface area contributed by atoms with Crippen molar-refractivity contribution in [1.82, 2.24) is 4.90 Å². The van der Waals surface area contributed by atoms with Gasteiger partial charge >= 0.3 is 12.3 Å². The third-order valence-corrected chi connectivity index (χ3v) is 7.77. The summed E-state index contributed by atoms with van der Waals surface area (Å²) < 4.78 is 65.2. The first-order valence-corrected chi connectivity index (χ1v) is 14.3. The quantitative estimate of drug-likeness (QED) is 0.366. The zero-order valence-corrected chi connectivity index (χ0v) is 24.4. The minimum Gasteiger partial charge on any atom is -0.385 e. The van der Waals surface area contributed by atoms with Crippen LogP contribution >= 0.6 is 11.8 Å². The minimum absolute atomic E-state index is 0.0429. The van der Waals surface area contributed by atoms with E-state index in [-0.39, 0.29) is 25.0 Å². The molecule has 2 aromatic carbocycles. The van der Waals surface area contributed by atoms with Crippen molar-refractivity contribution in [3.05, 3.63) is 84.4 Å². The number of carbonyl (C=O) groups excluding carboxylic acids is 1. The number of nitrogens with zero attached hydrogens (tertiary/aromatic N) is 2. The molecule has 1 amide bonds. The lowest BCUT2D eigenvalue weighted by Crippen LogP contribution is -2.62. The van der Waals surface area contributed by atoms with E-state index in [2.05, 4.69) is 11.6 Å². The summed E-state index contributed by atoms with van der Waals surface area (Å²) in [6.45, 7) is 9.37. The van der Waals surface area contributed by atoms with Crippen LogP contribution in [0.15, 0.2) is 78.3 Å². The van der Waals surface area contributed by atoms with Crippen molar-refractivity contribution < 1.29 is 42.0 Å². The summed E-state index contributed by atoms with van der Waals surface area (Å²) in [5, 5.41) is 10.3. The highest BCUT2D eigenvalue weighted by atomic mass is 32.2. The molecule has 2 aliphatic heterocycles. The molecule has 42 heavy (non-hydrogen) atoms. The summed E-state index contributed by atoms with van der Waals surface area (Å²) in [5.74, 6) is 0. The Labute approximate surface area is 247 Å². The molecular weight excluding hydrogens is 573 g/mol. The highest BCUT2D eigenvalue weighted by molar-refractivity contribution is 8.14. The lowest BCUT2D eigenvalue weighted by Gasteiger charge is -2.44. The van der Waals surface area contributed by atoms with Crippen LogP contribution in [-0.4, -0.2) is 75.5 Å². The summed E-state index contributed by atoms with van der Waals surface area (Å²) in [6.07, 6.45) is -11.3. The number of halogens is 3. The number of alkyl halides is 3. The molecule has 6 atom stereocenters. The second kappa shape index (κ2) is 13.6. The van der Waals surface area contributed by atoms with Gasteiger partial charge in [-0.2, -0.15) is 13.2 Å². The Kier molecular flexibility index (Phi) is 10.4. The van der Waals surface area contributed by atoms with E-state index in [0.29, 0.717) is 5.56 Å². The zero-order valence-electron chi connectivity index (χ0n) is 23.6. The van der Waals surface area contributed by atoms with Gasteiger partial charge in [-0.1, -0.05) is 66.7 Å². The van der Waals surface area contributed by atoms with Gasteiger partial charge in [-0.25, -0.2) is 9.79 Å². The van der Waals surface area contributed by atoms with E-state index in [1.807, 2.05) is 57.2 Å². The fourth-order valence-corrected chi connectivity index (χ4v) is 5.66. The summed E-state index contributed by atoms with van der Waals surface area (Å²) in [5.41, 5.74) is -0.139. The molecule has 8 nitrogen and oxygen atoms in total. The number of benzene rings is 2. The van der Waals surface area contributed by atoms with Gasteiger partial charge in [0.05, 0.1) is 13.2 Å². The van der Waals surface area contributed by atoms with Crippen molar-refractivity contribution in [2.75, 3.05) is 6.54 Å². The van der Waals surface area contributed by atoms with Gasteiger partial charge in [0.25, 0.3) is 5.23 Å². The Bertz CT molecular complexity index is 1230. The summed E-state index contributed by atoms with van der Waals surface area (Å²) in [4.78, 5) is 19.0. The Morgan fingerprint density at radius 1 is 1.05 bits per heavy atom. The number of thioether (sulfide) groups is 1. The van der Waals surface area contributed by atoms with Crippen LogP contribution in [0.4, 0.5) is 18.0 Å². The molecule has 0 aliphatic carbocycles. The molecule has 1 saturated heterocycles. The van der Waals surface area contributed by atoms with Crippen LogP contribution in [0, 0.1) is 0 Å². The first-order chi connectivity index (χ1) is 19.9. The molecule has 0 spiro atoms. The number of carbonyl (C=O) groups is 1. The molecule has 2 aromatic rings. The third kappa shape index (κ3) is 7.93. The molecule has 4 rings (SSSR count). The van der Waals surface area contributed by atoms with Gasteiger partial charge in [0.1, 0.15) is 29.8 Å². The lowest BCUT2D eigenvalue weighted by molar-refractivity contribution is -0.283. The predicted molar refractivity (Wildman–Crippen MR) is 153 cm³/mol. The number of aliphatic imine (C=N–C) groups is 1. The molecule has 0 saturated carbocycles. The van der Waals surface area contributed by atoms with Crippen molar-refractivity contribution in [2.24, 2.45) is 4.99 Å². The molecule has 2 aliphatic rings. The highest BCUT2D eigenvalue weighted by Crippen LogP contribution is 2.42. The van der Waals surface area contributed by atoms with Crippen LogP contribution in [0.25, 0.3) is 0 Å². The Morgan fingerprint density at radius 2 is 1.60 bits per heavy atom. The summed E-state index contributed by atoms with van der Waals surface area (Å²) in [6, 6.07) is 17.1. The molecular formula is C30H35F3N2O6S. The normalized spacial score (nSPS) is 24.8. The van der Waals surface area contributed by atoms with Gasteiger partial charge in [0, 0.05) is 12.1 Å². The minimum atomic E-state index is -4.99. The number of ether oxygens (including phenoxy) is 4. The van der Waals surface area contributed by atoms with E-state index < -0.39 is 53.7 Å². The van der Waals surface area contributed by atoms with Gasteiger partial charge < -0.3 is 24.1 Å². The van der Waals surface area contributed by atoms with Crippen LogP contribution in [-0.2, 0) is 32.2 Å². The largest absolute Gasteiger partial charge is 0.417 e. The van der Waals surface area contributed by atoms with Gasteiger partial charge in [-0.3, -0.25) is 4.90 Å². The van der Waals surface area contributed by atoms with E-state index in [0.717, 1.165) is 17.3 Å². The average molecular weight is 609 g/mol. The van der Waals surface area contributed by atoms with Crippen LogP contribution in [0.5, 0.6) is 0 Å². The molecule has 228 valence electrons. The van der Waals surface area contributed by atoms with E-state index in [9.17, 15) is 23.1 Å². The Hall–Kier alpha value is -2.90. The summed E-state index contributed by atoms with van der Waals surface area (Å²) >= 11 is 0.861. The highest BCUT2D eigenvalue weighted by Gasteiger charge is 2.58. The van der Waals surface area contributed by atoms with Crippen molar-refractivity contribution >= 4 is 23.1 Å². The number of amides is 1. The van der Waals surface area contributed by atoms with Gasteiger partial charge in [0.2, 0.25) is 0 Å². The fraction of sp³-hybridized carbons (Fsp3) is 0.467. The number of hydrogen-bond acceptors (Lipinski definition) is 8. The topological polar surface area (TPSA) is 89.8 Å². The maximum atomic E-state index is 13.9. The van der Waals surface area contributed by atoms with E-state index in [1.54, 1.807) is 30.3 Å². The second-order valence-electron chi connectivity index (χ2n) is 10.9. The molecule has 1 unspecified atom stereocenters. The molecule has 0 bridgehead atoms. The van der Waals surface area contributed by atoms with E-state index in [4.69, 9.17) is 18.9 Å². The second-order valence-corrected chi connectivity index (χ2v) is 12.0. The molecule has 2 heterocycles. The number of aliphatic hydroxyl groups is 1. The van der Waals surface area contributed by atoms with Crippen LogP contribution in [0.3, 0.4) is 0 Å². The molecule has 0 radical (unpaired) electrons. The number of hydrogen-bond donors (Lipinski definition) is 1. The standard InChI is InChI=1S/C30H35F3N2O6S/c1-5-16-35(29(2,3)4)28(37)41-27-34-21-22(38-17-19-12-8-6-9-13-19)23(39-18-20-14-10-7-11-15-20)24(40-26(21)42-27)25(36)30(31,32)33/h5-15,21-26,36H,1,16-18H2,2-4H3/t21-,22-,23+,24+,25?,26-/m1/s1. The third-order valence-electron chi connectivity index (χ3n) is 6.76. The Balaban J connectivity index is 1.65. The maximum absolute atomic E-state index is 13.9. The van der Waals surface area contributed by atoms with Gasteiger partial charge in [-0.05, 0) is 43.7 Å². The van der Waals surface area contributed by atoms with Crippen LogP contribution in [0.2, 0.25) is 0 Å². The van der Waals surface area contributed by atoms with Crippen molar-refractivity contribution in [3.63, 3.8) is 0 Å². The van der Waals surface area contributed by atoms with E-state index >= 15 is 0 Å². The predicted octanol–water partition coefficient (Wildman–Crippen LogP) is 5.70. The van der Waals surface area contributed by atoms with Crippen molar-refractivity contribution in [1.29, 1.82) is 0 Å². The van der Waals surface area contributed by atoms with Crippen molar-refractivity contribution in [2.45, 2.75) is 81.6 Å². The van der Waals surface area contributed by atoms with E-state index in [1.165, 1.54) is 4.90 Å². The lowest BCUT2D eigenvalue weighted by atomic mass is 9.93.